The van der Waals surface area contributed by atoms with Crippen LogP contribution in [-0.4, -0.2) is 60.4 Å². The second-order valence-corrected chi connectivity index (χ2v) is 6.04. The van der Waals surface area contributed by atoms with Gasteiger partial charge in [0.05, 0.1) is 0 Å². The summed E-state index contributed by atoms with van der Waals surface area (Å²) in [6.07, 6.45) is 2.24. The molecule has 0 aromatic heterocycles. The summed E-state index contributed by atoms with van der Waals surface area (Å²) in [6.45, 7) is 6.57. The van der Waals surface area contributed by atoms with Crippen molar-refractivity contribution in [3.05, 3.63) is 0 Å². The average molecular weight is 265 g/mol. The topological polar surface area (TPSA) is 52.7 Å². The molecule has 106 valence electrons. The average Bonchev–Trinajstić information content (AvgIpc) is 3.05. The number of carbonyl (C=O) groups excluding carboxylic acids is 2. The van der Waals surface area contributed by atoms with Crippen molar-refractivity contribution in [1.29, 1.82) is 0 Å². The molecule has 3 aliphatic rings. The molecule has 5 heteroatoms. The summed E-state index contributed by atoms with van der Waals surface area (Å²) in [5, 5.41) is 3.39. The third kappa shape index (κ3) is 2.24. The normalized spacial score (nSPS) is 31.9. The van der Waals surface area contributed by atoms with Crippen LogP contribution in [0, 0.1) is 11.8 Å². The molecule has 0 bridgehead atoms. The number of likely N-dealkylation sites (tertiary alicyclic amines) is 2. The lowest BCUT2D eigenvalue weighted by molar-refractivity contribution is -0.143. The minimum atomic E-state index is -0.221. The van der Waals surface area contributed by atoms with Gasteiger partial charge in [0.25, 0.3) is 0 Å². The Hall–Kier alpha value is -1.10. The Morgan fingerprint density at radius 1 is 1.37 bits per heavy atom. The van der Waals surface area contributed by atoms with Gasteiger partial charge in [-0.2, -0.15) is 0 Å². The predicted octanol–water partition coefficient (Wildman–Crippen LogP) is 0.0652. The van der Waals surface area contributed by atoms with Crippen LogP contribution in [0.3, 0.4) is 0 Å². The van der Waals surface area contributed by atoms with Gasteiger partial charge >= 0.3 is 0 Å². The molecule has 3 saturated heterocycles. The van der Waals surface area contributed by atoms with Crippen LogP contribution >= 0.6 is 0 Å². The van der Waals surface area contributed by atoms with E-state index in [0.29, 0.717) is 18.3 Å². The fourth-order valence-electron chi connectivity index (χ4n) is 3.77. The highest BCUT2D eigenvalue weighted by Crippen LogP contribution is 2.28. The van der Waals surface area contributed by atoms with Crippen molar-refractivity contribution < 1.29 is 9.59 Å². The molecular formula is C14H23N3O2. The van der Waals surface area contributed by atoms with Gasteiger partial charge in [-0.15, -0.1) is 0 Å². The van der Waals surface area contributed by atoms with Crippen molar-refractivity contribution in [3.63, 3.8) is 0 Å². The minimum Gasteiger partial charge on any atom is -0.340 e. The summed E-state index contributed by atoms with van der Waals surface area (Å²) in [5.74, 6) is 1.57. The van der Waals surface area contributed by atoms with E-state index in [1.165, 1.54) is 0 Å². The molecule has 0 saturated carbocycles. The van der Waals surface area contributed by atoms with Crippen molar-refractivity contribution in [2.45, 2.75) is 32.2 Å². The Labute approximate surface area is 114 Å². The SMILES string of the molecule is CCC(C(=O)N1C[C@H]2CNC[C@H]2C1)N1CCCC1=O. The summed E-state index contributed by atoms with van der Waals surface area (Å²) in [6, 6.07) is -0.221. The summed E-state index contributed by atoms with van der Waals surface area (Å²) in [7, 11) is 0. The van der Waals surface area contributed by atoms with Crippen LogP contribution < -0.4 is 5.32 Å². The molecule has 0 aromatic rings. The molecule has 0 radical (unpaired) electrons. The molecule has 3 atom stereocenters. The van der Waals surface area contributed by atoms with E-state index in [2.05, 4.69) is 5.32 Å². The first-order chi connectivity index (χ1) is 9.20. The Morgan fingerprint density at radius 2 is 2.05 bits per heavy atom. The molecule has 3 heterocycles. The highest BCUT2D eigenvalue weighted by molar-refractivity contribution is 5.88. The van der Waals surface area contributed by atoms with Gasteiger partial charge in [-0.3, -0.25) is 9.59 Å². The van der Waals surface area contributed by atoms with Crippen molar-refractivity contribution in [2.24, 2.45) is 11.8 Å². The van der Waals surface area contributed by atoms with E-state index in [9.17, 15) is 9.59 Å². The van der Waals surface area contributed by atoms with Gasteiger partial charge in [-0.1, -0.05) is 6.92 Å². The van der Waals surface area contributed by atoms with Crippen LogP contribution in [0.25, 0.3) is 0 Å². The van der Waals surface area contributed by atoms with E-state index in [4.69, 9.17) is 0 Å². The Balaban J connectivity index is 1.66. The van der Waals surface area contributed by atoms with Crippen LogP contribution in [0.2, 0.25) is 0 Å². The van der Waals surface area contributed by atoms with E-state index in [-0.39, 0.29) is 17.9 Å². The van der Waals surface area contributed by atoms with Gasteiger partial charge in [0.1, 0.15) is 6.04 Å². The quantitative estimate of drug-likeness (QED) is 0.785. The maximum absolute atomic E-state index is 12.7. The molecule has 1 N–H and O–H groups in total. The zero-order valence-corrected chi connectivity index (χ0v) is 11.6. The van der Waals surface area contributed by atoms with Gasteiger partial charge in [0, 0.05) is 39.1 Å². The highest BCUT2D eigenvalue weighted by atomic mass is 16.2. The zero-order chi connectivity index (χ0) is 13.4. The molecule has 2 amide bonds. The van der Waals surface area contributed by atoms with Gasteiger partial charge in [-0.25, -0.2) is 0 Å². The minimum absolute atomic E-state index is 0.154. The predicted molar refractivity (Wildman–Crippen MR) is 71.5 cm³/mol. The molecule has 3 fully saturated rings. The standard InChI is InChI=1S/C14H23N3O2/c1-2-12(17-5-3-4-13(17)18)14(19)16-8-10-6-15-7-11(10)9-16/h10-12,15H,2-9H2,1H3/t10-,11+,12?. The molecule has 1 unspecified atom stereocenters. The maximum atomic E-state index is 12.7. The number of hydrogen-bond acceptors (Lipinski definition) is 3. The first-order valence-electron chi connectivity index (χ1n) is 7.49. The summed E-state index contributed by atoms with van der Waals surface area (Å²) < 4.78 is 0. The van der Waals surface area contributed by atoms with Gasteiger partial charge in [0.15, 0.2) is 0 Å². The van der Waals surface area contributed by atoms with Crippen LogP contribution in [0.4, 0.5) is 0 Å². The number of amides is 2. The molecule has 19 heavy (non-hydrogen) atoms. The summed E-state index contributed by atoms with van der Waals surface area (Å²) in [5.41, 5.74) is 0. The fraction of sp³-hybridized carbons (Fsp3) is 0.857. The lowest BCUT2D eigenvalue weighted by atomic mass is 10.0. The lowest BCUT2D eigenvalue weighted by Gasteiger charge is -2.30. The second kappa shape index (κ2) is 5.12. The monoisotopic (exact) mass is 265 g/mol. The molecule has 3 rings (SSSR count). The number of carbonyl (C=O) groups is 2. The summed E-state index contributed by atoms with van der Waals surface area (Å²) in [4.78, 5) is 28.3. The lowest BCUT2D eigenvalue weighted by Crippen LogP contribution is -2.48. The van der Waals surface area contributed by atoms with Crippen LogP contribution in [-0.2, 0) is 9.59 Å². The van der Waals surface area contributed by atoms with Gasteiger partial charge in [0.2, 0.25) is 11.8 Å². The smallest absolute Gasteiger partial charge is 0.245 e. The van der Waals surface area contributed by atoms with E-state index < -0.39 is 0 Å². The number of hydrogen-bond donors (Lipinski definition) is 1. The first kappa shape index (κ1) is 12.9. The number of fused-ring (bicyclic) bond motifs is 1. The van der Waals surface area contributed by atoms with Crippen molar-refractivity contribution >= 4 is 11.8 Å². The van der Waals surface area contributed by atoms with Gasteiger partial charge in [-0.05, 0) is 24.7 Å². The zero-order valence-electron chi connectivity index (χ0n) is 11.6. The largest absolute Gasteiger partial charge is 0.340 e. The number of nitrogens with one attached hydrogen (secondary N) is 1. The third-order valence-electron chi connectivity index (χ3n) is 4.86. The molecule has 5 nitrogen and oxygen atoms in total. The molecule has 0 aromatic carbocycles. The second-order valence-electron chi connectivity index (χ2n) is 6.04. The van der Waals surface area contributed by atoms with Crippen LogP contribution in [0.15, 0.2) is 0 Å². The van der Waals surface area contributed by atoms with E-state index in [0.717, 1.165) is 45.6 Å². The highest BCUT2D eigenvalue weighted by Gasteiger charge is 2.41. The van der Waals surface area contributed by atoms with Gasteiger partial charge < -0.3 is 15.1 Å². The maximum Gasteiger partial charge on any atom is 0.245 e. The fourth-order valence-corrected chi connectivity index (χ4v) is 3.77. The Kier molecular flexibility index (Phi) is 3.48. The van der Waals surface area contributed by atoms with Crippen molar-refractivity contribution in [1.82, 2.24) is 15.1 Å². The summed E-state index contributed by atoms with van der Waals surface area (Å²) >= 11 is 0. The number of rotatable bonds is 3. The van der Waals surface area contributed by atoms with Crippen LogP contribution in [0.1, 0.15) is 26.2 Å². The Bertz CT molecular complexity index is 373. The Morgan fingerprint density at radius 3 is 2.58 bits per heavy atom. The molecule has 3 aliphatic heterocycles. The van der Waals surface area contributed by atoms with Crippen molar-refractivity contribution in [2.75, 3.05) is 32.7 Å². The van der Waals surface area contributed by atoms with E-state index in [1.807, 2.05) is 11.8 Å². The molecular weight excluding hydrogens is 242 g/mol. The third-order valence-corrected chi connectivity index (χ3v) is 4.86. The molecule has 0 aliphatic carbocycles. The van der Waals surface area contributed by atoms with Crippen LogP contribution in [0.5, 0.6) is 0 Å². The van der Waals surface area contributed by atoms with E-state index >= 15 is 0 Å². The van der Waals surface area contributed by atoms with Crippen molar-refractivity contribution in [3.8, 4) is 0 Å². The first-order valence-corrected chi connectivity index (χ1v) is 7.49. The molecule has 0 spiro atoms. The number of nitrogens with zero attached hydrogens (tertiary/aromatic N) is 2. The van der Waals surface area contributed by atoms with E-state index in [1.54, 1.807) is 4.90 Å².